The van der Waals surface area contributed by atoms with Crippen molar-refractivity contribution in [1.29, 1.82) is 0 Å². The first-order valence-corrected chi connectivity index (χ1v) is 7.78. The number of piperazine rings is 1. The molecule has 0 aliphatic carbocycles. The molecule has 1 unspecified atom stereocenters. The van der Waals surface area contributed by atoms with E-state index < -0.39 is 6.04 Å². The van der Waals surface area contributed by atoms with E-state index in [0.29, 0.717) is 0 Å². The molecule has 1 fully saturated rings. The molecule has 4 nitrogen and oxygen atoms in total. The van der Waals surface area contributed by atoms with E-state index in [-0.39, 0.29) is 23.8 Å². The Bertz CT molecular complexity index is 582. The molecule has 0 saturated carbocycles. The molecular formula is C16H21BrN2O2. The minimum absolute atomic E-state index is 0.0526. The van der Waals surface area contributed by atoms with Gasteiger partial charge in [0.2, 0.25) is 5.91 Å². The largest absolute Gasteiger partial charge is 0.342 e. The highest BCUT2D eigenvalue weighted by Crippen LogP contribution is 2.30. The Morgan fingerprint density at radius 1 is 1.19 bits per heavy atom. The molecule has 0 radical (unpaired) electrons. The number of nitrogens with one attached hydrogen (secondary N) is 1. The second kappa shape index (κ2) is 5.44. The summed E-state index contributed by atoms with van der Waals surface area (Å²) in [6.45, 7) is 9.91. The van der Waals surface area contributed by atoms with Crippen molar-refractivity contribution in [2.75, 3.05) is 11.4 Å². The standard InChI is InChI=1S/C16H21BrN2O2/c1-9-6-11(7-10(2)13(9)17)19-8-12(20)18-14(15(19)21)16(3,4)5/h6-7,14H,8H2,1-5H3,(H,18,20). The smallest absolute Gasteiger partial charge is 0.250 e. The van der Waals surface area contributed by atoms with Crippen molar-refractivity contribution in [1.82, 2.24) is 5.32 Å². The number of carbonyl (C=O) groups excluding carboxylic acids is 2. The van der Waals surface area contributed by atoms with E-state index in [1.54, 1.807) is 4.90 Å². The van der Waals surface area contributed by atoms with E-state index in [2.05, 4.69) is 21.2 Å². The highest BCUT2D eigenvalue weighted by atomic mass is 79.9. The molecule has 5 heteroatoms. The van der Waals surface area contributed by atoms with Crippen molar-refractivity contribution in [3.05, 3.63) is 27.7 Å². The zero-order valence-corrected chi connectivity index (χ0v) is 14.7. The number of amides is 2. The van der Waals surface area contributed by atoms with Gasteiger partial charge in [0.05, 0.1) is 0 Å². The molecule has 2 rings (SSSR count). The average Bonchev–Trinajstić information content (AvgIpc) is 2.36. The van der Waals surface area contributed by atoms with E-state index >= 15 is 0 Å². The van der Waals surface area contributed by atoms with Gasteiger partial charge in [0.15, 0.2) is 0 Å². The quantitative estimate of drug-likeness (QED) is 0.844. The van der Waals surface area contributed by atoms with Crippen molar-refractivity contribution in [3.63, 3.8) is 0 Å². The number of rotatable bonds is 1. The van der Waals surface area contributed by atoms with Crippen LogP contribution < -0.4 is 10.2 Å². The second-order valence-corrected chi connectivity index (χ2v) is 7.48. The zero-order valence-electron chi connectivity index (χ0n) is 13.1. The molecule has 1 aromatic rings. The van der Waals surface area contributed by atoms with Crippen LogP contribution in [0.4, 0.5) is 5.69 Å². The van der Waals surface area contributed by atoms with Crippen molar-refractivity contribution < 1.29 is 9.59 Å². The van der Waals surface area contributed by atoms with E-state index in [4.69, 9.17) is 0 Å². The van der Waals surface area contributed by atoms with Crippen molar-refractivity contribution in [2.24, 2.45) is 5.41 Å². The Balaban J connectivity index is 2.43. The summed E-state index contributed by atoms with van der Waals surface area (Å²) < 4.78 is 1.03. The second-order valence-electron chi connectivity index (χ2n) is 6.68. The lowest BCUT2D eigenvalue weighted by molar-refractivity contribution is -0.133. The lowest BCUT2D eigenvalue weighted by Gasteiger charge is -2.39. The van der Waals surface area contributed by atoms with Gasteiger partial charge in [-0.25, -0.2) is 0 Å². The van der Waals surface area contributed by atoms with Gasteiger partial charge in [-0.05, 0) is 42.5 Å². The van der Waals surface area contributed by atoms with Gasteiger partial charge < -0.3 is 10.2 Å². The lowest BCUT2D eigenvalue weighted by atomic mass is 9.84. The zero-order chi connectivity index (χ0) is 15.9. The fraction of sp³-hybridized carbons (Fsp3) is 0.500. The van der Waals surface area contributed by atoms with Crippen LogP contribution in [0.25, 0.3) is 0 Å². The normalized spacial score (nSPS) is 19.7. The molecule has 1 heterocycles. The molecule has 21 heavy (non-hydrogen) atoms. The highest BCUT2D eigenvalue weighted by Gasteiger charge is 2.40. The molecule has 1 N–H and O–H groups in total. The number of anilines is 1. The van der Waals surface area contributed by atoms with Gasteiger partial charge in [-0.15, -0.1) is 0 Å². The Hall–Kier alpha value is -1.36. The van der Waals surface area contributed by atoms with Gasteiger partial charge in [0.1, 0.15) is 12.6 Å². The summed E-state index contributed by atoms with van der Waals surface area (Å²) >= 11 is 3.53. The summed E-state index contributed by atoms with van der Waals surface area (Å²) in [7, 11) is 0. The van der Waals surface area contributed by atoms with Crippen LogP contribution in [0.3, 0.4) is 0 Å². The number of nitrogens with zero attached hydrogens (tertiary/aromatic N) is 1. The minimum Gasteiger partial charge on any atom is -0.342 e. The third-order valence-corrected chi connectivity index (χ3v) is 4.97. The molecule has 0 aromatic heterocycles. The Kier molecular flexibility index (Phi) is 4.15. The van der Waals surface area contributed by atoms with E-state index in [1.165, 1.54) is 0 Å². The van der Waals surface area contributed by atoms with Crippen LogP contribution in [0.1, 0.15) is 31.9 Å². The molecule has 2 amide bonds. The summed E-state index contributed by atoms with van der Waals surface area (Å²) in [5.41, 5.74) is 2.57. The van der Waals surface area contributed by atoms with E-state index in [0.717, 1.165) is 21.3 Å². The number of hydrogen-bond donors (Lipinski definition) is 1. The maximum atomic E-state index is 12.7. The van der Waals surface area contributed by atoms with Crippen LogP contribution in [0.2, 0.25) is 0 Å². The SMILES string of the molecule is Cc1cc(N2CC(=O)NC(C(C)(C)C)C2=O)cc(C)c1Br. The molecule has 1 aromatic carbocycles. The number of benzene rings is 1. The molecule has 1 aliphatic heterocycles. The third kappa shape index (κ3) is 3.12. The van der Waals surface area contributed by atoms with E-state index in [1.807, 2.05) is 46.8 Å². The predicted molar refractivity (Wildman–Crippen MR) is 87.4 cm³/mol. The van der Waals surface area contributed by atoms with Crippen LogP contribution >= 0.6 is 15.9 Å². The summed E-state index contributed by atoms with van der Waals surface area (Å²) in [5, 5.41) is 2.81. The Labute approximate surface area is 134 Å². The molecule has 1 atom stereocenters. The first-order valence-electron chi connectivity index (χ1n) is 6.98. The summed E-state index contributed by atoms with van der Waals surface area (Å²) in [6.07, 6.45) is 0. The van der Waals surface area contributed by atoms with E-state index in [9.17, 15) is 9.59 Å². The topological polar surface area (TPSA) is 49.4 Å². The highest BCUT2D eigenvalue weighted by molar-refractivity contribution is 9.10. The van der Waals surface area contributed by atoms with Crippen LogP contribution in [0.5, 0.6) is 0 Å². The molecule has 0 spiro atoms. The molecule has 114 valence electrons. The molecular weight excluding hydrogens is 332 g/mol. The molecule has 1 saturated heterocycles. The molecule has 0 bridgehead atoms. The predicted octanol–water partition coefficient (Wildman–Crippen LogP) is 2.94. The Morgan fingerprint density at radius 3 is 2.19 bits per heavy atom. The Morgan fingerprint density at radius 2 is 1.71 bits per heavy atom. The van der Waals surface area contributed by atoms with Gasteiger partial charge in [-0.2, -0.15) is 0 Å². The minimum atomic E-state index is -0.497. The fourth-order valence-electron chi connectivity index (χ4n) is 2.53. The number of carbonyl (C=O) groups is 2. The van der Waals surface area contributed by atoms with Crippen molar-refractivity contribution in [2.45, 2.75) is 40.7 Å². The maximum absolute atomic E-state index is 12.7. The van der Waals surface area contributed by atoms with Crippen LogP contribution in [-0.4, -0.2) is 24.4 Å². The third-order valence-electron chi connectivity index (χ3n) is 3.72. The number of hydrogen-bond acceptors (Lipinski definition) is 2. The lowest BCUT2D eigenvalue weighted by Crippen LogP contribution is -2.62. The van der Waals surface area contributed by atoms with Crippen molar-refractivity contribution in [3.8, 4) is 0 Å². The number of halogens is 1. The van der Waals surface area contributed by atoms with Crippen LogP contribution in [0, 0.1) is 19.3 Å². The first kappa shape index (κ1) is 16.0. The maximum Gasteiger partial charge on any atom is 0.250 e. The van der Waals surface area contributed by atoms with Gasteiger partial charge in [-0.1, -0.05) is 36.7 Å². The molecule has 1 aliphatic rings. The van der Waals surface area contributed by atoms with Gasteiger partial charge >= 0.3 is 0 Å². The number of aryl methyl sites for hydroxylation is 2. The van der Waals surface area contributed by atoms with Gasteiger partial charge in [0.25, 0.3) is 5.91 Å². The average molecular weight is 353 g/mol. The summed E-state index contributed by atoms with van der Waals surface area (Å²) in [6, 6.07) is 3.38. The first-order chi connectivity index (χ1) is 9.61. The van der Waals surface area contributed by atoms with Crippen molar-refractivity contribution >= 4 is 33.4 Å². The fourth-order valence-corrected chi connectivity index (χ4v) is 2.76. The van der Waals surface area contributed by atoms with Crippen LogP contribution in [-0.2, 0) is 9.59 Å². The summed E-state index contributed by atoms with van der Waals surface area (Å²) in [4.78, 5) is 26.3. The van der Waals surface area contributed by atoms with Gasteiger partial charge in [0, 0.05) is 10.2 Å². The van der Waals surface area contributed by atoms with Crippen LogP contribution in [0.15, 0.2) is 16.6 Å². The van der Waals surface area contributed by atoms with Gasteiger partial charge in [-0.3, -0.25) is 9.59 Å². The monoisotopic (exact) mass is 352 g/mol. The summed E-state index contributed by atoms with van der Waals surface area (Å²) in [5.74, 6) is -0.170.